The van der Waals surface area contributed by atoms with Gasteiger partial charge in [0.05, 0.1) is 11.4 Å². The van der Waals surface area contributed by atoms with Gasteiger partial charge in [0.1, 0.15) is 5.82 Å². The SMILES string of the molecule is Fc1ccc(-c2nc(-c3cccc(-c4ccccc4)c3)cc(-c3cc(-c4cccc5c4sc4ccccc45)cc(-c4cccc5c4sc4ccccc45)c3)n2)cc1. The number of rotatable bonds is 6. The number of thiophene rings is 2. The molecule has 0 aliphatic heterocycles. The molecule has 0 saturated heterocycles. The Bertz CT molecular complexity index is 3180. The molecule has 0 unspecified atom stereocenters. The van der Waals surface area contributed by atoms with Crippen LogP contribution in [0.15, 0.2) is 188 Å². The fourth-order valence-electron chi connectivity index (χ4n) is 8.00. The molecule has 0 amide bonds. The zero-order valence-corrected chi connectivity index (χ0v) is 32.1. The van der Waals surface area contributed by atoms with Crippen LogP contribution in [0.3, 0.4) is 0 Å². The van der Waals surface area contributed by atoms with Crippen LogP contribution in [0.25, 0.3) is 108 Å². The van der Waals surface area contributed by atoms with E-state index in [1.165, 1.54) is 63.6 Å². The van der Waals surface area contributed by atoms with Crippen molar-refractivity contribution in [2.45, 2.75) is 0 Å². The molecule has 0 N–H and O–H groups in total. The second-order valence-electron chi connectivity index (χ2n) is 14.3. The summed E-state index contributed by atoms with van der Waals surface area (Å²) in [5.74, 6) is 0.242. The predicted molar refractivity (Wildman–Crippen MR) is 240 cm³/mol. The van der Waals surface area contributed by atoms with E-state index in [0.29, 0.717) is 5.82 Å². The first-order valence-electron chi connectivity index (χ1n) is 18.9. The van der Waals surface area contributed by atoms with Gasteiger partial charge in [-0.2, -0.15) is 0 Å². The number of benzene rings is 8. The van der Waals surface area contributed by atoms with Gasteiger partial charge in [0, 0.05) is 57.0 Å². The third-order valence-corrected chi connectivity index (χ3v) is 13.2. The van der Waals surface area contributed by atoms with Gasteiger partial charge in [-0.1, -0.05) is 121 Å². The third kappa shape index (κ3) is 6.00. The highest BCUT2D eigenvalue weighted by Crippen LogP contribution is 2.45. The summed E-state index contributed by atoms with van der Waals surface area (Å²) in [6, 6.07) is 64.9. The molecule has 0 fully saturated rings. The lowest BCUT2D eigenvalue weighted by Crippen LogP contribution is -1.97. The highest BCUT2D eigenvalue weighted by Gasteiger charge is 2.18. The lowest BCUT2D eigenvalue weighted by molar-refractivity contribution is 0.628. The molecule has 11 aromatic rings. The quantitative estimate of drug-likeness (QED) is 0.168. The summed E-state index contributed by atoms with van der Waals surface area (Å²) in [5, 5.41) is 5.06. The van der Waals surface area contributed by atoms with Gasteiger partial charge < -0.3 is 0 Å². The Morgan fingerprint density at radius 3 is 1.44 bits per heavy atom. The highest BCUT2D eigenvalue weighted by molar-refractivity contribution is 7.26. The molecule has 0 radical (unpaired) electrons. The standard InChI is InChI=1S/C52H31FN2S2/c53-39-25-23-33(24-26-39)52-54-46(35-14-8-13-34(27-35)32-11-2-1-3-12-32)31-47(55-52)38-29-36(40-17-9-19-44-42-15-4-6-21-48(42)56-50(40)44)28-37(30-38)41-18-10-20-45-43-16-5-7-22-49(43)57-51(41)45/h1-31H. The molecule has 0 bridgehead atoms. The minimum absolute atomic E-state index is 0.297. The van der Waals surface area contributed by atoms with E-state index in [-0.39, 0.29) is 5.82 Å². The molecule has 268 valence electrons. The lowest BCUT2D eigenvalue weighted by Gasteiger charge is -2.14. The Labute approximate surface area is 336 Å². The molecule has 5 heteroatoms. The normalized spacial score (nSPS) is 11.6. The average Bonchev–Trinajstić information content (AvgIpc) is 3.85. The van der Waals surface area contributed by atoms with Crippen molar-refractivity contribution in [1.29, 1.82) is 0 Å². The number of aromatic nitrogens is 2. The summed E-state index contributed by atoms with van der Waals surface area (Å²) in [5.41, 5.74) is 11.1. The lowest BCUT2D eigenvalue weighted by atomic mass is 9.93. The molecule has 3 heterocycles. The number of hydrogen-bond donors (Lipinski definition) is 0. The Morgan fingerprint density at radius 1 is 0.333 bits per heavy atom. The van der Waals surface area contributed by atoms with E-state index in [1.54, 1.807) is 12.1 Å². The molecule has 57 heavy (non-hydrogen) atoms. The molecular formula is C52H31FN2S2. The molecule has 0 aliphatic carbocycles. The first-order valence-corrected chi connectivity index (χ1v) is 20.5. The van der Waals surface area contributed by atoms with Crippen molar-refractivity contribution in [3.63, 3.8) is 0 Å². The molecule has 2 nitrogen and oxygen atoms in total. The number of nitrogens with zero attached hydrogens (tertiary/aromatic N) is 2. The van der Waals surface area contributed by atoms with Crippen LogP contribution in [0, 0.1) is 5.82 Å². The molecule has 8 aromatic carbocycles. The largest absolute Gasteiger partial charge is 0.228 e. The number of halogens is 1. The minimum atomic E-state index is -0.297. The summed E-state index contributed by atoms with van der Waals surface area (Å²) < 4.78 is 19.3. The van der Waals surface area contributed by atoms with E-state index in [9.17, 15) is 4.39 Å². The van der Waals surface area contributed by atoms with Gasteiger partial charge in [-0.3, -0.25) is 0 Å². The molecule has 0 spiro atoms. The van der Waals surface area contributed by atoms with Gasteiger partial charge in [0.2, 0.25) is 0 Å². The smallest absolute Gasteiger partial charge is 0.160 e. The Hall–Kier alpha value is -6.79. The fourth-order valence-corrected chi connectivity index (χ4v) is 10.5. The molecule has 3 aromatic heterocycles. The summed E-state index contributed by atoms with van der Waals surface area (Å²) in [4.78, 5) is 10.4. The van der Waals surface area contributed by atoms with E-state index in [0.717, 1.165) is 50.3 Å². The van der Waals surface area contributed by atoms with Crippen LogP contribution >= 0.6 is 22.7 Å². The predicted octanol–water partition coefficient (Wildman–Crippen LogP) is 15.4. The number of hydrogen-bond acceptors (Lipinski definition) is 4. The van der Waals surface area contributed by atoms with E-state index >= 15 is 0 Å². The van der Waals surface area contributed by atoms with Gasteiger partial charge in [0.15, 0.2) is 5.82 Å². The van der Waals surface area contributed by atoms with E-state index in [2.05, 4.69) is 158 Å². The summed E-state index contributed by atoms with van der Waals surface area (Å²) in [6.07, 6.45) is 0. The van der Waals surface area contributed by atoms with Crippen LogP contribution in [0.2, 0.25) is 0 Å². The van der Waals surface area contributed by atoms with Crippen molar-refractivity contribution >= 4 is 63.0 Å². The monoisotopic (exact) mass is 766 g/mol. The Morgan fingerprint density at radius 2 is 0.807 bits per heavy atom. The minimum Gasteiger partial charge on any atom is -0.228 e. The fraction of sp³-hybridized carbons (Fsp3) is 0. The molecule has 11 rings (SSSR count). The van der Waals surface area contributed by atoms with Crippen molar-refractivity contribution < 1.29 is 4.39 Å². The van der Waals surface area contributed by atoms with Gasteiger partial charge in [0.25, 0.3) is 0 Å². The van der Waals surface area contributed by atoms with Crippen LogP contribution in [-0.2, 0) is 0 Å². The van der Waals surface area contributed by atoms with Crippen LogP contribution in [-0.4, -0.2) is 9.97 Å². The Kier molecular flexibility index (Phi) is 8.09. The molecular weight excluding hydrogens is 736 g/mol. The van der Waals surface area contributed by atoms with E-state index < -0.39 is 0 Å². The third-order valence-electron chi connectivity index (χ3n) is 10.8. The van der Waals surface area contributed by atoms with Crippen molar-refractivity contribution in [1.82, 2.24) is 9.97 Å². The van der Waals surface area contributed by atoms with Crippen molar-refractivity contribution in [2.75, 3.05) is 0 Å². The molecule has 0 atom stereocenters. The zero-order valence-electron chi connectivity index (χ0n) is 30.5. The Balaban J connectivity index is 1.17. The van der Waals surface area contributed by atoms with Crippen molar-refractivity contribution in [3.05, 3.63) is 194 Å². The highest BCUT2D eigenvalue weighted by atomic mass is 32.1. The van der Waals surface area contributed by atoms with Crippen LogP contribution in [0.4, 0.5) is 4.39 Å². The first-order chi connectivity index (χ1) is 28.1. The summed E-state index contributed by atoms with van der Waals surface area (Å²) in [6.45, 7) is 0. The maximum atomic E-state index is 14.2. The van der Waals surface area contributed by atoms with Gasteiger partial charge in [-0.05, 0) is 100 Å². The van der Waals surface area contributed by atoms with Crippen molar-refractivity contribution in [2.24, 2.45) is 0 Å². The maximum Gasteiger partial charge on any atom is 0.160 e. The second-order valence-corrected chi connectivity index (χ2v) is 16.4. The second kappa shape index (κ2) is 13.7. The summed E-state index contributed by atoms with van der Waals surface area (Å²) in [7, 11) is 0. The zero-order chi connectivity index (χ0) is 37.9. The van der Waals surface area contributed by atoms with Gasteiger partial charge >= 0.3 is 0 Å². The molecule has 0 aliphatic rings. The van der Waals surface area contributed by atoms with Crippen LogP contribution in [0.5, 0.6) is 0 Å². The van der Waals surface area contributed by atoms with E-state index in [1.807, 2.05) is 28.7 Å². The molecule has 0 saturated carbocycles. The van der Waals surface area contributed by atoms with Gasteiger partial charge in [-0.25, -0.2) is 14.4 Å². The van der Waals surface area contributed by atoms with Crippen LogP contribution in [0.1, 0.15) is 0 Å². The van der Waals surface area contributed by atoms with Crippen LogP contribution < -0.4 is 0 Å². The summed E-state index contributed by atoms with van der Waals surface area (Å²) >= 11 is 3.68. The van der Waals surface area contributed by atoms with E-state index in [4.69, 9.17) is 9.97 Å². The van der Waals surface area contributed by atoms with Crippen molar-refractivity contribution in [3.8, 4) is 67.3 Å². The average molecular weight is 767 g/mol. The first kappa shape index (κ1) is 33.5. The topological polar surface area (TPSA) is 25.8 Å². The number of fused-ring (bicyclic) bond motifs is 6. The maximum absolute atomic E-state index is 14.2. The van der Waals surface area contributed by atoms with Gasteiger partial charge in [-0.15, -0.1) is 22.7 Å².